The summed E-state index contributed by atoms with van der Waals surface area (Å²) < 4.78 is 0.849. The van der Waals surface area contributed by atoms with Gasteiger partial charge < -0.3 is 0 Å². The van der Waals surface area contributed by atoms with E-state index in [9.17, 15) is 0 Å². The van der Waals surface area contributed by atoms with Crippen molar-refractivity contribution in [2.24, 2.45) is 0 Å². The van der Waals surface area contributed by atoms with Gasteiger partial charge in [0.05, 0.1) is 0 Å². The molecule has 1 fully saturated rings. The molecule has 0 aromatic carbocycles. The van der Waals surface area contributed by atoms with Crippen molar-refractivity contribution in [3.63, 3.8) is 0 Å². The molecule has 0 nitrogen and oxygen atoms in total. The molecule has 1 aliphatic rings. The Morgan fingerprint density at radius 3 is 2.89 bits per heavy atom. The van der Waals surface area contributed by atoms with Crippen molar-refractivity contribution in [1.82, 2.24) is 0 Å². The van der Waals surface area contributed by atoms with Gasteiger partial charge in [-0.15, -0.1) is 23.5 Å². The maximum absolute atomic E-state index is 2.30. The minimum absolute atomic E-state index is 0.849. The van der Waals surface area contributed by atoms with Gasteiger partial charge in [0, 0.05) is 21.3 Å². The van der Waals surface area contributed by atoms with Crippen molar-refractivity contribution in [2.75, 3.05) is 17.8 Å². The van der Waals surface area contributed by atoms with E-state index in [-0.39, 0.29) is 0 Å². The van der Waals surface area contributed by atoms with E-state index in [1.807, 2.05) is 11.8 Å². The summed E-state index contributed by atoms with van der Waals surface area (Å²) >= 11 is 6.19. The predicted octanol–water partition coefficient (Wildman–Crippen LogP) is 2.54. The molecule has 0 aromatic heterocycles. The van der Waals surface area contributed by atoms with Gasteiger partial charge in [-0.05, 0) is 13.2 Å². The van der Waals surface area contributed by atoms with Gasteiger partial charge >= 0.3 is 0 Å². The van der Waals surface area contributed by atoms with Crippen molar-refractivity contribution in [3.8, 4) is 0 Å². The van der Waals surface area contributed by atoms with Gasteiger partial charge in [-0.3, -0.25) is 0 Å². The third kappa shape index (κ3) is 2.64. The van der Waals surface area contributed by atoms with Crippen LogP contribution in [0.5, 0.6) is 0 Å². The maximum atomic E-state index is 2.30. The van der Waals surface area contributed by atoms with Crippen LogP contribution >= 0.6 is 35.3 Å². The van der Waals surface area contributed by atoms with E-state index >= 15 is 0 Å². The molecule has 0 radical (unpaired) electrons. The standard InChI is InChI=1S/C6H12S3/c1-5-8-4-6(9-5)3-7-2/h5-6H,3-4H2,1-2H3. The van der Waals surface area contributed by atoms with E-state index in [2.05, 4.69) is 36.7 Å². The average molecular weight is 180 g/mol. The van der Waals surface area contributed by atoms with Gasteiger partial charge in [-0.25, -0.2) is 0 Å². The summed E-state index contributed by atoms with van der Waals surface area (Å²) in [6.07, 6.45) is 2.19. The molecule has 0 aliphatic carbocycles. The summed E-state index contributed by atoms with van der Waals surface area (Å²) in [6, 6.07) is 0. The molecule has 0 spiro atoms. The van der Waals surface area contributed by atoms with Crippen molar-refractivity contribution in [3.05, 3.63) is 0 Å². The highest BCUT2D eigenvalue weighted by Gasteiger charge is 2.21. The highest BCUT2D eigenvalue weighted by atomic mass is 32.2. The molecule has 54 valence electrons. The second kappa shape index (κ2) is 4.04. The SMILES string of the molecule is CSCC1CSC(C)S1. The minimum Gasteiger partial charge on any atom is -0.164 e. The monoisotopic (exact) mass is 180 g/mol. The van der Waals surface area contributed by atoms with Gasteiger partial charge in [-0.1, -0.05) is 0 Å². The van der Waals surface area contributed by atoms with Crippen LogP contribution in [0.2, 0.25) is 0 Å². The summed E-state index contributed by atoms with van der Waals surface area (Å²) in [4.78, 5) is 0. The fraction of sp³-hybridized carbons (Fsp3) is 1.00. The van der Waals surface area contributed by atoms with Crippen molar-refractivity contribution >= 4 is 35.3 Å². The highest BCUT2D eigenvalue weighted by molar-refractivity contribution is 8.20. The summed E-state index contributed by atoms with van der Waals surface area (Å²) in [5, 5.41) is 0.931. The Labute approximate surface area is 69.9 Å². The van der Waals surface area contributed by atoms with Gasteiger partial charge in [0.15, 0.2) is 0 Å². The summed E-state index contributed by atoms with van der Waals surface area (Å²) in [6.45, 7) is 2.30. The van der Waals surface area contributed by atoms with Crippen molar-refractivity contribution in [1.29, 1.82) is 0 Å². The molecule has 1 aliphatic heterocycles. The first kappa shape index (κ1) is 8.15. The Balaban J connectivity index is 2.14. The van der Waals surface area contributed by atoms with Crippen LogP contribution in [-0.2, 0) is 0 Å². The van der Waals surface area contributed by atoms with Gasteiger partial charge in [0.1, 0.15) is 0 Å². The van der Waals surface area contributed by atoms with Crippen LogP contribution in [-0.4, -0.2) is 27.6 Å². The van der Waals surface area contributed by atoms with E-state index in [1.165, 1.54) is 11.5 Å². The zero-order chi connectivity index (χ0) is 6.69. The van der Waals surface area contributed by atoms with Crippen LogP contribution in [0, 0.1) is 0 Å². The molecular formula is C6H12S3. The third-order valence-corrected chi connectivity index (χ3v) is 5.32. The lowest BCUT2D eigenvalue weighted by Crippen LogP contribution is -2.03. The van der Waals surface area contributed by atoms with Gasteiger partial charge in [0.2, 0.25) is 0 Å². The third-order valence-electron chi connectivity index (χ3n) is 1.25. The van der Waals surface area contributed by atoms with Gasteiger partial charge in [-0.2, -0.15) is 11.8 Å². The molecule has 3 heteroatoms. The van der Waals surface area contributed by atoms with E-state index < -0.39 is 0 Å². The molecule has 0 amide bonds. The molecule has 0 N–H and O–H groups in total. The fourth-order valence-electron chi connectivity index (χ4n) is 0.866. The predicted molar refractivity (Wildman–Crippen MR) is 51.7 cm³/mol. The molecule has 0 saturated carbocycles. The van der Waals surface area contributed by atoms with Crippen molar-refractivity contribution in [2.45, 2.75) is 16.8 Å². The van der Waals surface area contributed by atoms with Crippen LogP contribution in [0.25, 0.3) is 0 Å². The summed E-state index contributed by atoms with van der Waals surface area (Å²) in [5.74, 6) is 2.70. The molecule has 9 heavy (non-hydrogen) atoms. The fourth-order valence-corrected chi connectivity index (χ4v) is 4.94. The Morgan fingerprint density at radius 1 is 1.67 bits per heavy atom. The van der Waals surface area contributed by atoms with Gasteiger partial charge in [0.25, 0.3) is 0 Å². The molecular weight excluding hydrogens is 168 g/mol. The molecule has 0 aromatic rings. The van der Waals surface area contributed by atoms with E-state index in [0.29, 0.717) is 0 Å². The van der Waals surface area contributed by atoms with E-state index in [1.54, 1.807) is 0 Å². The van der Waals surface area contributed by atoms with Crippen LogP contribution in [0.3, 0.4) is 0 Å². The number of thioether (sulfide) groups is 3. The Bertz CT molecular complexity index is 82.4. The molecule has 2 atom stereocenters. The summed E-state index contributed by atoms with van der Waals surface area (Å²) in [5.41, 5.74) is 0. The van der Waals surface area contributed by atoms with E-state index in [4.69, 9.17) is 0 Å². The maximum Gasteiger partial charge on any atom is 0.0478 e. The smallest absolute Gasteiger partial charge is 0.0478 e. The molecule has 1 rings (SSSR count). The van der Waals surface area contributed by atoms with E-state index in [0.717, 1.165) is 9.83 Å². The Morgan fingerprint density at radius 2 is 2.44 bits per heavy atom. The Hall–Kier alpha value is 1.05. The van der Waals surface area contributed by atoms with Crippen LogP contribution in [0.15, 0.2) is 0 Å². The zero-order valence-corrected chi connectivity index (χ0v) is 8.24. The quantitative estimate of drug-likeness (QED) is 0.641. The first-order chi connectivity index (χ1) is 4.33. The second-order valence-electron chi connectivity index (χ2n) is 2.11. The number of hydrogen-bond acceptors (Lipinski definition) is 3. The normalized spacial score (nSPS) is 35.3. The molecule has 1 saturated heterocycles. The lowest BCUT2D eigenvalue weighted by molar-refractivity contribution is 1.17. The van der Waals surface area contributed by atoms with Crippen LogP contribution in [0.1, 0.15) is 6.92 Å². The number of hydrogen-bond donors (Lipinski definition) is 0. The topological polar surface area (TPSA) is 0 Å². The second-order valence-corrected chi connectivity index (χ2v) is 6.34. The van der Waals surface area contributed by atoms with Crippen LogP contribution in [0.4, 0.5) is 0 Å². The first-order valence-corrected chi connectivity index (χ1v) is 6.47. The first-order valence-electron chi connectivity index (χ1n) is 3.09. The minimum atomic E-state index is 0.849. The Kier molecular flexibility index (Phi) is 3.66. The zero-order valence-electron chi connectivity index (χ0n) is 5.79. The summed E-state index contributed by atoms with van der Waals surface area (Å²) in [7, 11) is 0. The molecule has 2 unspecified atom stereocenters. The number of rotatable bonds is 2. The lowest BCUT2D eigenvalue weighted by Gasteiger charge is -2.03. The average Bonchev–Trinajstić information content (AvgIpc) is 2.17. The highest BCUT2D eigenvalue weighted by Crippen LogP contribution is 2.38. The molecule has 1 heterocycles. The molecule has 0 bridgehead atoms. The van der Waals surface area contributed by atoms with Crippen molar-refractivity contribution < 1.29 is 0 Å². The largest absolute Gasteiger partial charge is 0.164 e. The lowest BCUT2D eigenvalue weighted by atomic mass is 10.6. The van der Waals surface area contributed by atoms with Crippen LogP contribution < -0.4 is 0 Å².